The molecule has 0 saturated heterocycles. The number of fused-ring (bicyclic) bond motifs is 1. The van der Waals surface area contributed by atoms with Crippen LogP contribution in [0.4, 0.5) is 5.69 Å². The van der Waals surface area contributed by atoms with Gasteiger partial charge in [0.05, 0.1) is 23.9 Å². The second-order valence-electron chi connectivity index (χ2n) is 6.29. The zero-order valence-corrected chi connectivity index (χ0v) is 17.8. The predicted molar refractivity (Wildman–Crippen MR) is 112 cm³/mol. The van der Waals surface area contributed by atoms with Crippen LogP contribution in [0.25, 0.3) is 6.08 Å². The number of carbonyl (C=O) groups excluding carboxylic acids is 1. The SMILES string of the molecule is CCOc1ccc(C(=O)C(Br)=Cc2cc(OC)c3c(c2)OCO3)cc1N(C)C. The van der Waals surface area contributed by atoms with Gasteiger partial charge in [0.2, 0.25) is 12.5 Å². The normalized spacial score (nSPS) is 12.7. The fraction of sp³-hybridized carbons (Fsp3) is 0.286. The van der Waals surface area contributed by atoms with E-state index in [9.17, 15) is 4.79 Å². The first-order valence-electron chi connectivity index (χ1n) is 8.78. The molecule has 0 atom stereocenters. The summed E-state index contributed by atoms with van der Waals surface area (Å²) in [6.45, 7) is 2.64. The maximum absolute atomic E-state index is 12.9. The highest BCUT2D eigenvalue weighted by molar-refractivity contribution is 9.12. The van der Waals surface area contributed by atoms with E-state index in [-0.39, 0.29) is 12.6 Å². The van der Waals surface area contributed by atoms with Crippen LogP contribution < -0.4 is 23.8 Å². The number of methoxy groups -OCH3 is 1. The number of rotatable bonds is 7. The van der Waals surface area contributed by atoms with Crippen molar-refractivity contribution >= 4 is 33.5 Å². The molecule has 0 saturated carbocycles. The van der Waals surface area contributed by atoms with Crippen LogP contribution >= 0.6 is 15.9 Å². The summed E-state index contributed by atoms with van der Waals surface area (Å²) >= 11 is 3.41. The largest absolute Gasteiger partial charge is 0.493 e. The molecule has 1 aliphatic heterocycles. The monoisotopic (exact) mass is 447 g/mol. The van der Waals surface area contributed by atoms with E-state index in [1.807, 2.05) is 44.1 Å². The zero-order valence-electron chi connectivity index (χ0n) is 16.2. The molecule has 0 aliphatic carbocycles. The first-order valence-corrected chi connectivity index (χ1v) is 9.57. The molecule has 2 aromatic carbocycles. The number of nitrogens with zero attached hydrogens (tertiary/aromatic N) is 1. The minimum atomic E-state index is -0.136. The van der Waals surface area contributed by atoms with Gasteiger partial charge in [-0.25, -0.2) is 0 Å². The van der Waals surface area contributed by atoms with Gasteiger partial charge in [-0.3, -0.25) is 4.79 Å². The van der Waals surface area contributed by atoms with Gasteiger partial charge in [-0.15, -0.1) is 0 Å². The third-order valence-electron chi connectivity index (χ3n) is 4.19. The Morgan fingerprint density at radius 1 is 1.21 bits per heavy atom. The summed E-state index contributed by atoms with van der Waals surface area (Å²) in [5.74, 6) is 2.33. The average Bonchev–Trinajstić information content (AvgIpc) is 3.15. The number of Topliss-reactive ketones (excluding diaryl/α,β-unsaturated/α-hetero) is 1. The standard InChI is InChI=1S/C21H22BrNO5/c1-5-26-17-7-6-14(11-16(17)23(2)3)20(24)15(22)8-13-9-18(25-4)21-19(10-13)27-12-28-21/h6-11H,5,12H2,1-4H3. The highest BCUT2D eigenvalue weighted by Gasteiger charge is 2.20. The van der Waals surface area contributed by atoms with Crippen molar-refractivity contribution in [3.8, 4) is 23.0 Å². The number of carbonyl (C=O) groups is 1. The number of anilines is 1. The molecule has 2 aromatic rings. The van der Waals surface area contributed by atoms with Gasteiger partial charge in [0, 0.05) is 19.7 Å². The van der Waals surface area contributed by atoms with Gasteiger partial charge in [0.1, 0.15) is 5.75 Å². The summed E-state index contributed by atoms with van der Waals surface area (Å²) in [5.41, 5.74) is 2.17. The molecule has 0 aromatic heterocycles. The Morgan fingerprint density at radius 2 is 2.00 bits per heavy atom. The van der Waals surface area contributed by atoms with E-state index >= 15 is 0 Å². The minimum Gasteiger partial charge on any atom is -0.493 e. The lowest BCUT2D eigenvalue weighted by molar-refractivity contribution is 0.104. The summed E-state index contributed by atoms with van der Waals surface area (Å²) in [5, 5.41) is 0. The smallest absolute Gasteiger partial charge is 0.231 e. The third-order valence-corrected chi connectivity index (χ3v) is 4.78. The van der Waals surface area contributed by atoms with Crippen molar-refractivity contribution < 1.29 is 23.7 Å². The lowest BCUT2D eigenvalue weighted by Gasteiger charge is -2.18. The van der Waals surface area contributed by atoms with E-state index in [4.69, 9.17) is 18.9 Å². The molecule has 0 fully saturated rings. The van der Waals surface area contributed by atoms with E-state index in [1.54, 1.807) is 25.3 Å². The van der Waals surface area contributed by atoms with Crippen LogP contribution in [0.15, 0.2) is 34.8 Å². The number of allylic oxidation sites excluding steroid dienone is 1. The molecule has 0 radical (unpaired) electrons. The zero-order chi connectivity index (χ0) is 20.3. The molecule has 0 N–H and O–H groups in total. The van der Waals surface area contributed by atoms with Crippen molar-refractivity contribution in [2.24, 2.45) is 0 Å². The lowest BCUT2D eigenvalue weighted by atomic mass is 10.1. The van der Waals surface area contributed by atoms with Crippen molar-refractivity contribution in [1.29, 1.82) is 0 Å². The minimum absolute atomic E-state index is 0.136. The maximum Gasteiger partial charge on any atom is 0.231 e. The van der Waals surface area contributed by atoms with Gasteiger partial charge in [0.15, 0.2) is 17.3 Å². The summed E-state index contributed by atoms with van der Waals surface area (Å²) in [4.78, 5) is 14.8. The molecular formula is C21H22BrNO5. The Labute approximate surface area is 172 Å². The molecule has 1 aliphatic rings. The van der Waals surface area contributed by atoms with Crippen molar-refractivity contribution in [3.63, 3.8) is 0 Å². The van der Waals surface area contributed by atoms with E-state index in [1.165, 1.54) is 0 Å². The number of hydrogen-bond acceptors (Lipinski definition) is 6. The van der Waals surface area contributed by atoms with Crippen LogP contribution in [0, 0.1) is 0 Å². The van der Waals surface area contributed by atoms with Gasteiger partial charge in [-0.05, 0) is 64.8 Å². The van der Waals surface area contributed by atoms with Crippen LogP contribution in [0.5, 0.6) is 23.0 Å². The van der Waals surface area contributed by atoms with Crippen molar-refractivity contribution in [2.45, 2.75) is 6.92 Å². The molecule has 7 heteroatoms. The lowest BCUT2D eigenvalue weighted by Crippen LogP contribution is -2.12. The molecule has 1 heterocycles. The highest BCUT2D eigenvalue weighted by atomic mass is 79.9. The molecule has 0 unspecified atom stereocenters. The van der Waals surface area contributed by atoms with E-state index < -0.39 is 0 Å². The molecular weight excluding hydrogens is 426 g/mol. The van der Waals surface area contributed by atoms with Crippen LogP contribution in [-0.4, -0.2) is 40.4 Å². The topological polar surface area (TPSA) is 57.2 Å². The van der Waals surface area contributed by atoms with E-state index in [0.717, 1.165) is 17.0 Å². The Bertz CT molecular complexity index is 923. The summed E-state index contributed by atoms with van der Waals surface area (Å²) in [7, 11) is 5.39. The van der Waals surface area contributed by atoms with Crippen molar-refractivity contribution in [3.05, 3.63) is 45.9 Å². The number of hydrogen-bond donors (Lipinski definition) is 0. The Kier molecular flexibility index (Phi) is 6.14. The molecule has 0 amide bonds. The number of ketones is 1. The fourth-order valence-electron chi connectivity index (χ4n) is 2.87. The number of halogens is 1. The van der Waals surface area contributed by atoms with Crippen LogP contribution in [0.3, 0.4) is 0 Å². The van der Waals surface area contributed by atoms with Gasteiger partial charge in [0.25, 0.3) is 0 Å². The highest BCUT2D eigenvalue weighted by Crippen LogP contribution is 2.42. The quantitative estimate of drug-likeness (QED) is 0.459. The van der Waals surface area contributed by atoms with Gasteiger partial charge in [-0.2, -0.15) is 0 Å². The van der Waals surface area contributed by atoms with Gasteiger partial charge in [-0.1, -0.05) is 0 Å². The maximum atomic E-state index is 12.9. The summed E-state index contributed by atoms with van der Waals surface area (Å²) < 4.78 is 22.2. The molecule has 3 rings (SSSR count). The van der Waals surface area contributed by atoms with Crippen molar-refractivity contribution in [1.82, 2.24) is 0 Å². The predicted octanol–water partition coefficient (Wildman–Crippen LogP) is 4.51. The Hall–Kier alpha value is -2.67. The summed E-state index contributed by atoms with van der Waals surface area (Å²) in [6, 6.07) is 9.00. The van der Waals surface area contributed by atoms with Crippen LogP contribution in [0.2, 0.25) is 0 Å². The Morgan fingerprint density at radius 3 is 2.68 bits per heavy atom. The summed E-state index contributed by atoms with van der Waals surface area (Å²) in [6.07, 6.45) is 1.73. The molecule has 148 valence electrons. The second-order valence-corrected chi connectivity index (χ2v) is 7.14. The molecule has 28 heavy (non-hydrogen) atoms. The van der Waals surface area contributed by atoms with Crippen LogP contribution in [-0.2, 0) is 0 Å². The van der Waals surface area contributed by atoms with E-state index in [2.05, 4.69) is 15.9 Å². The molecule has 0 bridgehead atoms. The van der Waals surface area contributed by atoms with E-state index in [0.29, 0.717) is 33.9 Å². The Balaban J connectivity index is 1.91. The van der Waals surface area contributed by atoms with Gasteiger partial charge >= 0.3 is 0 Å². The second kappa shape index (κ2) is 8.56. The fourth-order valence-corrected chi connectivity index (χ4v) is 3.36. The number of benzene rings is 2. The first-order chi connectivity index (χ1) is 13.4. The molecule has 0 spiro atoms. The number of ether oxygens (including phenoxy) is 4. The average molecular weight is 448 g/mol. The van der Waals surface area contributed by atoms with Crippen molar-refractivity contribution in [2.75, 3.05) is 39.5 Å². The third kappa shape index (κ3) is 4.09. The molecule has 6 nitrogen and oxygen atoms in total. The first kappa shape index (κ1) is 20.1. The van der Waals surface area contributed by atoms with Crippen LogP contribution in [0.1, 0.15) is 22.8 Å². The van der Waals surface area contributed by atoms with Gasteiger partial charge < -0.3 is 23.8 Å².